The lowest BCUT2D eigenvalue weighted by atomic mass is 10.2. The summed E-state index contributed by atoms with van der Waals surface area (Å²) >= 11 is 8.09. The molecular formula is C17H16BrN3O2S3. The summed E-state index contributed by atoms with van der Waals surface area (Å²) < 4.78 is 7.42. The molecule has 0 aliphatic heterocycles. The minimum Gasteiger partial charge on any atom is -0.490 e. The van der Waals surface area contributed by atoms with Gasteiger partial charge in [-0.2, -0.15) is 0 Å². The number of amides is 1. The van der Waals surface area contributed by atoms with Crippen LogP contribution < -0.4 is 10.1 Å². The number of hydrogen-bond acceptors (Lipinski definition) is 7. The lowest BCUT2D eigenvalue weighted by molar-refractivity contribution is 0.102. The van der Waals surface area contributed by atoms with Crippen LogP contribution in [0.2, 0.25) is 0 Å². The number of benzene rings is 1. The first-order valence-electron chi connectivity index (χ1n) is 7.77. The highest BCUT2D eigenvalue weighted by Gasteiger charge is 2.16. The molecule has 0 saturated carbocycles. The number of halogens is 1. The molecule has 2 heterocycles. The van der Waals surface area contributed by atoms with Gasteiger partial charge in [-0.05, 0) is 43.5 Å². The molecule has 0 bridgehead atoms. The van der Waals surface area contributed by atoms with Crippen molar-refractivity contribution in [3.63, 3.8) is 0 Å². The maximum absolute atomic E-state index is 12.6. The van der Waals surface area contributed by atoms with Crippen LogP contribution in [0.1, 0.15) is 29.1 Å². The molecule has 0 saturated heterocycles. The zero-order valence-electron chi connectivity index (χ0n) is 14.1. The van der Waals surface area contributed by atoms with Crippen molar-refractivity contribution in [2.45, 2.75) is 30.0 Å². The minimum absolute atomic E-state index is 0.0300. The standard InChI is InChI=1S/C17H16BrN3O2S3/c1-10(2)23-14-8-11(18)5-6-13(14)15(22)19-16-20-21-17(26-16)25-9-12-4-3-7-24-12/h3-8,10H,9H2,1-2H3,(H,19,20,22). The largest absolute Gasteiger partial charge is 0.490 e. The normalized spacial score (nSPS) is 10.9. The number of nitrogens with zero attached hydrogens (tertiary/aromatic N) is 2. The summed E-state index contributed by atoms with van der Waals surface area (Å²) in [5.74, 6) is 1.11. The second-order valence-electron chi connectivity index (χ2n) is 5.50. The molecule has 0 spiro atoms. The molecule has 3 rings (SSSR count). The smallest absolute Gasteiger partial charge is 0.261 e. The van der Waals surface area contributed by atoms with Crippen LogP contribution in [0.15, 0.2) is 44.5 Å². The number of nitrogens with one attached hydrogen (secondary N) is 1. The molecular weight excluding hydrogens is 454 g/mol. The Labute approximate surface area is 172 Å². The van der Waals surface area contributed by atoms with E-state index in [1.165, 1.54) is 16.2 Å². The number of thiophene rings is 1. The van der Waals surface area contributed by atoms with Crippen LogP contribution in [-0.2, 0) is 5.75 Å². The average Bonchev–Trinajstić information content (AvgIpc) is 3.24. The lowest BCUT2D eigenvalue weighted by Gasteiger charge is -2.14. The third-order valence-corrected chi connectivity index (χ3v) is 6.67. The Morgan fingerprint density at radius 1 is 1.35 bits per heavy atom. The quantitative estimate of drug-likeness (QED) is 0.355. The Hall–Kier alpha value is -1.42. The molecule has 1 N–H and O–H groups in total. The Morgan fingerprint density at radius 3 is 2.92 bits per heavy atom. The summed E-state index contributed by atoms with van der Waals surface area (Å²) in [6.45, 7) is 3.84. The summed E-state index contributed by atoms with van der Waals surface area (Å²) in [5.41, 5.74) is 0.463. The van der Waals surface area contributed by atoms with Gasteiger partial charge < -0.3 is 4.74 Å². The van der Waals surface area contributed by atoms with Gasteiger partial charge in [-0.15, -0.1) is 21.5 Å². The van der Waals surface area contributed by atoms with Gasteiger partial charge in [0.25, 0.3) is 5.91 Å². The zero-order chi connectivity index (χ0) is 18.5. The van der Waals surface area contributed by atoms with Gasteiger partial charge in [-0.25, -0.2) is 0 Å². The number of carbonyl (C=O) groups excluding carboxylic acids is 1. The third kappa shape index (κ3) is 5.29. The molecule has 1 aromatic carbocycles. The van der Waals surface area contributed by atoms with Crippen LogP contribution in [0.5, 0.6) is 5.75 Å². The molecule has 0 aliphatic rings. The van der Waals surface area contributed by atoms with Crippen molar-refractivity contribution < 1.29 is 9.53 Å². The van der Waals surface area contributed by atoms with Gasteiger partial charge >= 0.3 is 0 Å². The Balaban J connectivity index is 1.66. The number of hydrogen-bond donors (Lipinski definition) is 1. The number of carbonyl (C=O) groups is 1. The monoisotopic (exact) mass is 469 g/mol. The molecule has 1 amide bonds. The zero-order valence-corrected chi connectivity index (χ0v) is 18.1. The molecule has 0 atom stereocenters. The van der Waals surface area contributed by atoms with Crippen LogP contribution in [0, 0.1) is 0 Å². The maximum Gasteiger partial charge on any atom is 0.261 e. The van der Waals surface area contributed by atoms with E-state index in [4.69, 9.17) is 4.74 Å². The van der Waals surface area contributed by atoms with Crippen LogP contribution in [0.25, 0.3) is 0 Å². The highest BCUT2D eigenvalue weighted by atomic mass is 79.9. The van der Waals surface area contributed by atoms with Crippen molar-refractivity contribution in [1.29, 1.82) is 0 Å². The van der Waals surface area contributed by atoms with Crippen molar-refractivity contribution in [2.75, 3.05) is 5.32 Å². The fourth-order valence-electron chi connectivity index (χ4n) is 2.05. The van der Waals surface area contributed by atoms with Gasteiger partial charge in [0.2, 0.25) is 5.13 Å². The fraction of sp³-hybridized carbons (Fsp3) is 0.235. The number of anilines is 1. The van der Waals surface area contributed by atoms with E-state index in [2.05, 4.69) is 42.9 Å². The summed E-state index contributed by atoms with van der Waals surface area (Å²) in [5, 5.41) is 13.5. The van der Waals surface area contributed by atoms with Crippen molar-refractivity contribution in [1.82, 2.24) is 10.2 Å². The van der Waals surface area contributed by atoms with E-state index in [9.17, 15) is 4.79 Å². The van der Waals surface area contributed by atoms with Gasteiger partial charge in [-0.1, -0.05) is 45.1 Å². The highest BCUT2D eigenvalue weighted by Crippen LogP contribution is 2.31. The fourth-order valence-corrected chi connectivity index (χ4v) is 4.91. The van der Waals surface area contributed by atoms with E-state index in [0.29, 0.717) is 16.4 Å². The van der Waals surface area contributed by atoms with Crippen LogP contribution >= 0.6 is 50.4 Å². The van der Waals surface area contributed by atoms with Crippen molar-refractivity contribution >= 4 is 61.4 Å². The molecule has 9 heteroatoms. The van der Waals surface area contributed by atoms with Gasteiger partial charge in [0.1, 0.15) is 5.75 Å². The van der Waals surface area contributed by atoms with E-state index in [0.717, 1.165) is 14.6 Å². The average molecular weight is 470 g/mol. The first kappa shape index (κ1) is 19.3. The number of rotatable bonds is 7. The second-order valence-corrected chi connectivity index (χ2v) is 9.65. The third-order valence-electron chi connectivity index (χ3n) is 3.10. The van der Waals surface area contributed by atoms with Crippen LogP contribution in [0.3, 0.4) is 0 Å². The second kappa shape index (κ2) is 8.98. The molecule has 3 aromatic rings. The SMILES string of the molecule is CC(C)Oc1cc(Br)ccc1C(=O)Nc1nnc(SCc2cccs2)s1. The summed E-state index contributed by atoms with van der Waals surface area (Å²) in [6, 6.07) is 9.44. The van der Waals surface area contributed by atoms with Crippen molar-refractivity contribution in [2.24, 2.45) is 0 Å². The Bertz CT molecular complexity index is 881. The van der Waals surface area contributed by atoms with Crippen molar-refractivity contribution in [3.8, 4) is 5.75 Å². The van der Waals surface area contributed by atoms with E-state index in [1.807, 2.05) is 26.0 Å². The molecule has 2 aromatic heterocycles. The topological polar surface area (TPSA) is 64.1 Å². The first-order valence-corrected chi connectivity index (χ1v) is 11.2. The number of aromatic nitrogens is 2. The number of thioether (sulfide) groups is 1. The summed E-state index contributed by atoms with van der Waals surface area (Å²) in [7, 11) is 0. The van der Waals surface area contributed by atoms with Crippen LogP contribution in [0.4, 0.5) is 5.13 Å². The minimum atomic E-state index is -0.265. The van der Waals surface area contributed by atoms with E-state index in [-0.39, 0.29) is 12.0 Å². The lowest BCUT2D eigenvalue weighted by Crippen LogP contribution is -2.15. The molecule has 0 radical (unpaired) electrons. The predicted molar refractivity (Wildman–Crippen MR) is 112 cm³/mol. The van der Waals surface area contributed by atoms with Crippen LogP contribution in [-0.4, -0.2) is 22.2 Å². The summed E-state index contributed by atoms with van der Waals surface area (Å²) in [4.78, 5) is 13.9. The molecule has 0 aliphatic carbocycles. The van der Waals surface area contributed by atoms with E-state index >= 15 is 0 Å². The molecule has 5 nitrogen and oxygen atoms in total. The molecule has 136 valence electrons. The maximum atomic E-state index is 12.6. The van der Waals surface area contributed by atoms with Gasteiger partial charge in [0.15, 0.2) is 4.34 Å². The molecule has 0 unspecified atom stereocenters. The molecule has 26 heavy (non-hydrogen) atoms. The Kier molecular flexibility index (Phi) is 6.68. The van der Waals surface area contributed by atoms with Gasteiger partial charge in [-0.3, -0.25) is 10.1 Å². The van der Waals surface area contributed by atoms with Crippen molar-refractivity contribution in [3.05, 3.63) is 50.6 Å². The predicted octanol–water partition coefficient (Wildman–Crippen LogP) is 5.69. The Morgan fingerprint density at radius 2 is 2.19 bits per heavy atom. The van der Waals surface area contributed by atoms with E-state index in [1.54, 1.807) is 35.2 Å². The van der Waals surface area contributed by atoms with Gasteiger partial charge in [0.05, 0.1) is 11.7 Å². The summed E-state index contributed by atoms with van der Waals surface area (Å²) in [6.07, 6.45) is -0.0300. The highest BCUT2D eigenvalue weighted by molar-refractivity contribution is 9.10. The van der Waals surface area contributed by atoms with Gasteiger partial charge in [0, 0.05) is 15.1 Å². The molecule has 0 fully saturated rings. The first-order chi connectivity index (χ1) is 12.5. The van der Waals surface area contributed by atoms with E-state index < -0.39 is 0 Å². The number of ether oxygens (including phenoxy) is 1.